The minimum Gasteiger partial charge on any atom is -0.465 e. The maximum Gasteiger partial charge on any atom is 0.404 e. The van der Waals surface area contributed by atoms with Crippen molar-refractivity contribution in [2.45, 2.75) is 31.5 Å². The van der Waals surface area contributed by atoms with Gasteiger partial charge in [0.2, 0.25) is 0 Å². The van der Waals surface area contributed by atoms with E-state index < -0.39 is 18.2 Å². The fourth-order valence-corrected chi connectivity index (χ4v) is 3.49. The van der Waals surface area contributed by atoms with Gasteiger partial charge in [0.1, 0.15) is 0 Å². The summed E-state index contributed by atoms with van der Waals surface area (Å²) in [4.78, 5) is 11.2. The van der Waals surface area contributed by atoms with Crippen LogP contribution in [0.2, 0.25) is 0 Å². The average molecular weight is 378 g/mol. The molecule has 4 N–H and O–H groups in total. The Bertz CT molecular complexity index is 909. The predicted molar refractivity (Wildman–Crippen MR) is 111 cm³/mol. The van der Waals surface area contributed by atoms with Crippen LogP contribution in [0.4, 0.5) is 4.79 Å². The number of aliphatic hydroxyl groups is 1. The van der Waals surface area contributed by atoms with E-state index in [0.29, 0.717) is 6.42 Å². The summed E-state index contributed by atoms with van der Waals surface area (Å²) in [5, 5.41) is 27.9. The minimum atomic E-state index is -1.14. The summed E-state index contributed by atoms with van der Waals surface area (Å²) in [5.74, 6) is 0. The molecule has 0 saturated heterocycles. The largest absolute Gasteiger partial charge is 0.465 e. The van der Waals surface area contributed by atoms with Gasteiger partial charge in [0.05, 0.1) is 12.1 Å². The molecular weight excluding hydrogens is 352 g/mol. The van der Waals surface area contributed by atoms with Gasteiger partial charge in [-0.25, -0.2) is 4.79 Å². The van der Waals surface area contributed by atoms with Gasteiger partial charge in [0, 0.05) is 12.6 Å². The first-order valence-electron chi connectivity index (χ1n) is 9.47. The van der Waals surface area contributed by atoms with E-state index in [1.165, 1.54) is 10.8 Å². The van der Waals surface area contributed by atoms with Crippen molar-refractivity contribution in [1.29, 1.82) is 0 Å². The molecule has 0 bridgehead atoms. The molecule has 0 spiro atoms. The Morgan fingerprint density at radius 2 is 1.64 bits per heavy atom. The first kappa shape index (κ1) is 19.9. The summed E-state index contributed by atoms with van der Waals surface area (Å²) in [5.41, 5.74) is 2.12. The third-order valence-corrected chi connectivity index (χ3v) is 4.99. The number of hydrogen-bond acceptors (Lipinski definition) is 3. The van der Waals surface area contributed by atoms with Crippen LogP contribution in [0.1, 0.15) is 24.1 Å². The van der Waals surface area contributed by atoms with Crippen molar-refractivity contribution < 1.29 is 15.0 Å². The van der Waals surface area contributed by atoms with Gasteiger partial charge in [-0.3, -0.25) is 0 Å². The van der Waals surface area contributed by atoms with Crippen LogP contribution in [0, 0.1) is 0 Å². The molecule has 0 heterocycles. The summed E-state index contributed by atoms with van der Waals surface area (Å²) in [6, 6.07) is 23.4. The molecule has 0 unspecified atom stereocenters. The Balaban J connectivity index is 1.67. The molecule has 146 valence electrons. The van der Waals surface area contributed by atoms with Crippen LogP contribution in [0.3, 0.4) is 0 Å². The van der Waals surface area contributed by atoms with Crippen LogP contribution < -0.4 is 10.6 Å². The van der Waals surface area contributed by atoms with E-state index in [4.69, 9.17) is 5.11 Å². The van der Waals surface area contributed by atoms with Gasteiger partial charge in [-0.1, -0.05) is 72.8 Å². The van der Waals surface area contributed by atoms with Gasteiger partial charge in [-0.2, -0.15) is 0 Å². The van der Waals surface area contributed by atoms with E-state index in [2.05, 4.69) is 34.9 Å². The topological polar surface area (TPSA) is 81.6 Å². The summed E-state index contributed by atoms with van der Waals surface area (Å²) in [6.07, 6.45) is -1.56. The number of benzene rings is 3. The molecular formula is C23H26N2O3. The summed E-state index contributed by atoms with van der Waals surface area (Å²) < 4.78 is 0. The Morgan fingerprint density at radius 1 is 0.964 bits per heavy atom. The Morgan fingerprint density at radius 3 is 2.39 bits per heavy atom. The van der Waals surface area contributed by atoms with Crippen LogP contribution >= 0.6 is 0 Å². The van der Waals surface area contributed by atoms with Crippen molar-refractivity contribution in [3.8, 4) is 0 Å². The molecule has 1 amide bonds. The number of amides is 1. The van der Waals surface area contributed by atoms with E-state index in [-0.39, 0.29) is 12.6 Å². The fourth-order valence-electron chi connectivity index (χ4n) is 3.49. The van der Waals surface area contributed by atoms with E-state index in [1.807, 2.05) is 55.5 Å². The molecule has 3 aromatic rings. The van der Waals surface area contributed by atoms with Crippen molar-refractivity contribution in [3.63, 3.8) is 0 Å². The quantitative estimate of drug-likeness (QED) is 0.481. The zero-order valence-corrected chi connectivity index (χ0v) is 15.9. The molecule has 5 heteroatoms. The number of carboxylic acid groups (broad SMARTS) is 1. The van der Waals surface area contributed by atoms with E-state index in [9.17, 15) is 9.90 Å². The van der Waals surface area contributed by atoms with E-state index in [1.54, 1.807) is 0 Å². The highest BCUT2D eigenvalue weighted by molar-refractivity contribution is 5.86. The van der Waals surface area contributed by atoms with E-state index >= 15 is 0 Å². The van der Waals surface area contributed by atoms with Gasteiger partial charge in [0.25, 0.3) is 0 Å². The molecule has 3 rings (SSSR count). The van der Waals surface area contributed by atoms with Gasteiger partial charge >= 0.3 is 6.09 Å². The lowest BCUT2D eigenvalue weighted by molar-refractivity contribution is 0.115. The van der Waals surface area contributed by atoms with Gasteiger partial charge < -0.3 is 20.8 Å². The highest BCUT2D eigenvalue weighted by Gasteiger charge is 2.22. The fraction of sp³-hybridized carbons (Fsp3) is 0.261. The Hall–Kier alpha value is -2.89. The van der Waals surface area contributed by atoms with Crippen LogP contribution in [-0.4, -0.2) is 35.0 Å². The van der Waals surface area contributed by atoms with Crippen molar-refractivity contribution in [2.24, 2.45) is 0 Å². The minimum absolute atomic E-state index is 0.0166. The molecule has 0 aliphatic rings. The monoisotopic (exact) mass is 378 g/mol. The van der Waals surface area contributed by atoms with Crippen LogP contribution in [0.5, 0.6) is 0 Å². The summed E-state index contributed by atoms with van der Waals surface area (Å²) >= 11 is 0. The second-order valence-corrected chi connectivity index (χ2v) is 7.01. The van der Waals surface area contributed by atoms with Gasteiger partial charge in [-0.15, -0.1) is 0 Å². The maximum absolute atomic E-state index is 11.2. The van der Waals surface area contributed by atoms with Crippen LogP contribution in [0.25, 0.3) is 10.8 Å². The third kappa shape index (κ3) is 5.09. The zero-order chi connectivity index (χ0) is 19.9. The molecule has 0 fully saturated rings. The van der Waals surface area contributed by atoms with Gasteiger partial charge in [0.15, 0.2) is 0 Å². The first-order valence-corrected chi connectivity index (χ1v) is 9.47. The number of rotatable bonds is 8. The number of aliphatic hydroxyl groups excluding tert-OH is 1. The lowest BCUT2D eigenvalue weighted by atomic mass is 9.98. The number of carbonyl (C=O) groups is 1. The number of nitrogens with one attached hydrogen (secondary N) is 2. The molecule has 0 aliphatic heterocycles. The second-order valence-electron chi connectivity index (χ2n) is 7.01. The standard InChI is InChI=1S/C23H26N2O3/c1-16(19-13-7-11-18-10-5-6-12-20(18)19)24-15-22(26)21(25-23(27)28)14-17-8-3-2-4-9-17/h2-13,16,21-22,24-26H,14-15H2,1H3,(H,27,28)/t16-,21+,22-/m1/s1. The van der Waals surface area contributed by atoms with Crippen molar-refractivity contribution in [3.05, 3.63) is 83.9 Å². The molecule has 0 aliphatic carbocycles. The SMILES string of the molecule is C[C@@H](NC[C@@H](O)[C@H](Cc1ccccc1)NC(=O)O)c1cccc2ccccc12. The highest BCUT2D eigenvalue weighted by atomic mass is 16.4. The molecule has 3 atom stereocenters. The molecule has 3 aromatic carbocycles. The lowest BCUT2D eigenvalue weighted by Crippen LogP contribution is -2.48. The molecule has 0 saturated carbocycles. The third-order valence-electron chi connectivity index (χ3n) is 4.99. The maximum atomic E-state index is 11.2. The first-order chi connectivity index (χ1) is 13.5. The predicted octanol–water partition coefficient (Wildman–Crippen LogP) is 3.73. The molecule has 0 radical (unpaired) electrons. The van der Waals surface area contributed by atoms with Crippen LogP contribution in [0.15, 0.2) is 72.8 Å². The summed E-state index contributed by atoms with van der Waals surface area (Å²) in [6.45, 7) is 2.33. The lowest BCUT2D eigenvalue weighted by Gasteiger charge is -2.25. The number of hydrogen-bond donors (Lipinski definition) is 4. The zero-order valence-electron chi connectivity index (χ0n) is 15.9. The smallest absolute Gasteiger partial charge is 0.404 e. The van der Waals surface area contributed by atoms with Crippen molar-refractivity contribution >= 4 is 16.9 Å². The second kappa shape index (κ2) is 9.35. The Kier molecular flexibility index (Phi) is 6.63. The van der Waals surface area contributed by atoms with Crippen molar-refractivity contribution in [2.75, 3.05) is 6.54 Å². The number of fused-ring (bicyclic) bond motifs is 1. The molecule has 5 nitrogen and oxygen atoms in total. The average Bonchev–Trinajstić information content (AvgIpc) is 2.71. The normalized spacial score (nSPS) is 14.4. The van der Waals surface area contributed by atoms with Gasteiger partial charge in [-0.05, 0) is 35.2 Å². The molecule has 28 heavy (non-hydrogen) atoms. The molecule has 0 aromatic heterocycles. The van der Waals surface area contributed by atoms with E-state index in [0.717, 1.165) is 11.1 Å². The summed E-state index contributed by atoms with van der Waals surface area (Å²) in [7, 11) is 0. The highest BCUT2D eigenvalue weighted by Crippen LogP contribution is 2.24. The van der Waals surface area contributed by atoms with Crippen LogP contribution in [-0.2, 0) is 6.42 Å². The Labute approximate surface area is 165 Å². The van der Waals surface area contributed by atoms with Crippen molar-refractivity contribution in [1.82, 2.24) is 10.6 Å².